The molecule has 2 heterocycles. The zero-order chi connectivity index (χ0) is 17.6. The van der Waals surface area contributed by atoms with Crippen LogP contribution in [0, 0.1) is 0 Å². The second kappa shape index (κ2) is 6.60. The van der Waals surface area contributed by atoms with Gasteiger partial charge in [-0.15, -0.1) is 11.3 Å². The van der Waals surface area contributed by atoms with Gasteiger partial charge in [-0.2, -0.15) is 0 Å². The Morgan fingerprint density at radius 2 is 1.88 bits per heavy atom. The van der Waals surface area contributed by atoms with Gasteiger partial charge in [0.1, 0.15) is 0 Å². The molecular formula is C19H15Cl2NO2S. The maximum atomic E-state index is 12.9. The summed E-state index contributed by atoms with van der Waals surface area (Å²) in [6.07, 6.45) is 1.35. The first-order valence-corrected chi connectivity index (χ1v) is 9.71. The number of carbonyl (C=O) groups excluding carboxylic acids is 2. The number of allylic oxidation sites excluding steroid dienone is 2. The van der Waals surface area contributed by atoms with Gasteiger partial charge in [0, 0.05) is 40.8 Å². The first-order chi connectivity index (χ1) is 12.0. The van der Waals surface area contributed by atoms with E-state index in [0.717, 1.165) is 11.3 Å². The fourth-order valence-corrected chi connectivity index (χ4v) is 5.01. The average molecular weight is 392 g/mol. The van der Waals surface area contributed by atoms with E-state index >= 15 is 0 Å². The van der Waals surface area contributed by atoms with Crippen LogP contribution in [0.25, 0.3) is 0 Å². The average Bonchev–Trinajstić information content (AvgIpc) is 3.10. The van der Waals surface area contributed by atoms with E-state index in [1.165, 1.54) is 4.88 Å². The largest absolute Gasteiger partial charge is 0.329 e. The highest BCUT2D eigenvalue weighted by Gasteiger charge is 2.39. The monoisotopic (exact) mass is 391 g/mol. The second-order valence-electron chi connectivity index (χ2n) is 6.38. The summed E-state index contributed by atoms with van der Waals surface area (Å²) >= 11 is 14.2. The number of rotatable bonds is 2. The Balaban J connectivity index is 1.77. The van der Waals surface area contributed by atoms with Crippen molar-refractivity contribution >= 4 is 46.2 Å². The maximum Gasteiger partial charge on any atom is 0.225 e. The molecule has 1 aliphatic heterocycles. The molecular weight excluding hydrogens is 377 g/mol. The molecule has 128 valence electrons. The van der Waals surface area contributed by atoms with Gasteiger partial charge in [-0.05, 0) is 29.5 Å². The predicted octanol–water partition coefficient (Wildman–Crippen LogP) is 5.06. The molecule has 3 nitrogen and oxygen atoms in total. The summed E-state index contributed by atoms with van der Waals surface area (Å²) in [5.74, 6) is -0.202. The highest BCUT2D eigenvalue weighted by molar-refractivity contribution is 7.10. The van der Waals surface area contributed by atoms with Crippen LogP contribution in [0.15, 0.2) is 47.0 Å². The molecule has 2 aromatic rings. The third-order valence-electron chi connectivity index (χ3n) is 4.84. The van der Waals surface area contributed by atoms with Crippen molar-refractivity contribution in [1.29, 1.82) is 0 Å². The highest BCUT2D eigenvalue weighted by atomic mass is 35.5. The Labute approximate surface area is 159 Å². The molecule has 1 aromatic heterocycles. The third-order valence-corrected chi connectivity index (χ3v) is 6.71. The molecule has 2 aliphatic rings. The lowest BCUT2D eigenvalue weighted by atomic mass is 9.74. The molecule has 1 aliphatic carbocycles. The van der Waals surface area contributed by atoms with Gasteiger partial charge in [0.2, 0.25) is 5.91 Å². The lowest BCUT2D eigenvalue weighted by Gasteiger charge is -2.34. The van der Waals surface area contributed by atoms with Gasteiger partial charge >= 0.3 is 0 Å². The smallest absolute Gasteiger partial charge is 0.225 e. The van der Waals surface area contributed by atoms with E-state index in [2.05, 4.69) is 5.32 Å². The van der Waals surface area contributed by atoms with Gasteiger partial charge in [0.15, 0.2) is 5.78 Å². The Kier molecular flexibility index (Phi) is 4.44. The minimum absolute atomic E-state index is 0.0839. The topological polar surface area (TPSA) is 46.2 Å². The number of carbonyl (C=O) groups is 2. The number of nitrogens with one attached hydrogen (secondary N) is 1. The lowest BCUT2D eigenvalue weighted by molar-refractivity contribution is -0.122. The Morgan fingerprint density at radius 3 is 2.64 bits per heavy atom. The van der Waals surface area contributed by atoms with Gasteiger partial charge in [-0.3, -0.25) is 9.59 Å². The van der Waals surface area contributed by atoms with Crippen LogP contribution >= 0.6 is 34.5 Å². The minimum Gasteiger partial charge on any atom is -0.329 e. The molecule has 6 heteroatoms. The van der Waals surface area contributed by atoms with Crippen LogP contribution < -0.4 is 5.32 Å². The molecule has 25 heavy (non-hydrogen) atoms. The number of Topliss-reactive ketones (excluding diaryl/α,β-unsaturated/α-hetero) is 1. The zero-order valence-corrected chi connectivity index (χ0v) is 15.5. The van der Waals surface area contributed by atoms with E-state index < -0.39 is 0 Å². The molecule has 1 aromatic carbocycles. The van der Waals surface area contributed by atoms with Gasteiger partial charge in [0.05, 0.1) is 10.0 Å². The normalized spacial score (nSPS) is 23.4. The molecule has 4 rings (SSSR count). The number of hydrogen-bond donors (Lipinski definition) is 1. The molecule has 0 saturated heterocycles. The number of benzene rings is 1. The quantitative estimate of drug-likeness (QED) is 0.777. The molecule has 0 unspecified atom stereocenters. The predicted molar refractivity (Wildman–Crippen MR) is 100 cm³/mol. The van der Waals surface area contributed by atoms with Crippen LogP contribution in [0.5, 0.6) is 0 Å². The Bertz CT molecular complexity index is 889. The maximum absolute atomic E-state index is 12.9. The summed E-state index contributed by atoms with van der Waals surface area (Å²) in [6, 6.07) is 9.40. The van der Waals surface area contributed by atoms with E-state index in [1.807, 2.05) is 23.6 Å². The fourth-order valence-electron chi connectivity index (χ4n) is 3.74. The number of amides is 1. The van der Waals surface area contributed by atoms with Crippen LogP contribution in [-0.4, -0.2) is 11.7 Å². The van der Waals surface area contributed by atoms with E-state index in [0.29, 0.717) is 28.5 Å². The minimum atomic E-state index is -0.327. The molecule has 0 saturated carbocycles. The van der Waals surface area contributed by atoms with Crippen molar-refractivity contribution in [2.24, 2.45) is 0 Å². The first-order valence-electron chi connectivity index (χ1n) is 8.08. The lowest BCUT2D eigenvalue weighted by Crippen LogP contribution is -2.38. The van der Waals surface area contributed by atoms with E-state index in [-0.39, 0.29) is 29.9 Å². The van der Waals surface area contributed by atoms with Gasteiger partial charge in [-0.25, -0.2) is 0 Å². The Morgan fingerprint density at radius 1 is 1.04 bits per heavy atom. The van der Waals surface area contributed by atoms with Crippen molar-refractivity contribution < 1.29 is 9.59 Å². The number of thiophene rings is 1. The van der Waals surface area contributed by atoms with Crippen LogP contribution in [0.1, 0.15) is 41.5 Å². The van der Waals surface area contributed by atoms with Crippen molar-refractivity contribution in [1.82, 2.24) is 5.32 Å². The highest BCUT2D eigenvalue weighted by Crippen LogP contribution is 2.45. The van der Waals surface area contributed by atoms with Gasteiger partial charge in [-0.1, -0.05) is 41.4 Å². The van der Waals surface area contributed by atoms with Crippen LogP contribution in [-0.2, 0) is 9.59 Å². The van der Waals surface area contributed by atoms with Crippen molar-refractivity contribution in [3.8, 4) is 0 Å². The summed E-state index contributed by atoms with van der Waals surface area (Å²) < 4.78 is 0. The second-order valence-corrected chi connectivity index (χ2v) is 8.15. The molecule has 0 radical (unpaired) electrons. The van der Waals surface area contributed by atoms with Crippen molar-refractivity contribution in [3.63, 3.8) is 0 Å². The standard InChI is InChI=1S/C19H15Cl2NO2S/c20-13-4-1-3-11(19(13)21)12-9-17(24)22-14-7-10(8-15(23)18(12)14)16-5-2-6-25-16/h1-6,10,12H,7-9H2,(H,22,24)/t10-,12+/m1/s1. The SMILES string of the molecule is O=C1C[C@@H](c2cccc(Cl)c2Cl)C2=C(C[C@@H](c3cccs3)CC2=O)N1. The van der Waals surface area contributed by atoms with Crippen molar-refractivity contribution in [2.45, 2.75) is 31.1 Å². The summed E-state index contributed by atoms with van der Waals surface area (Å²) in [5, 5.41) is 5.79. The first kappa shape index (κ1) is 16.8. The fraction of sp³-hybridized carbons (Fsp3) is 0.263. The summed E-state index contributed by atoms with van der Waals surface area (Å²) in [4.78, 5) is 26.4. The van der Waals surface area contributed by atoms with Gasteiger partial charge < -0.3 is 5.32 Å². The van der Waals surface area contributed by atoms with Crippen LogP contribution in [0.2, 0.25) is 10.0 Å². The van der Waals surface area contributed by atoms with E-state index in [9.17, 15) is 9.59 Å². The van der Waals surface area contributed by atoms with Crippen LogP contribution in [0.4, 0.5) is 0 Å². The van der Waals surface area contributed by atoms with Crippen LogP contribution in [0.3, 0.4) is 0 Å². The third kappa shape index (κ3) is 3.03. The summed E-state index contributed by atoms with van der Waals surface area (Å²) in [7, 11) is 0. The molecule has 1 amide bonds. The Hall–Kier alpha value is -1.62. The molecule has 0 fully saturated rings. The summed E-state index contributed by atoms with van der Waals surface area (Å²) in [5.41, 5.74) is 2.18. The number of halogens is 2. The van der Waals surface area contributed by atoms with Crippen molar-refractivity contribution in [2.75, 3.05) is 0 Å². The zero-order valence-electron chi connectivity index (χ0n) is 13.2. The number of hydrogen-bond acceptors (Lipinski definition) is 3. The molecule has 1 N–H and O–H groups in total. The molecule has 0 bridgehead atoms. The van der Waals surface area contributed by atoms with Crippen molar-refractivity contribution in [3.05, 3.63) is 67.5 Å². The molecule has 2 atom stereocenters. The summed E-state index contributed by atoms with van der Waals surface area (Å²) in [6.45, 7) is 0. The van der Waals surface area contributed by atoms with E-state index in [1.54, 1.807) is 23.5 Å². The van der Waals surface area contributed by atoms with E-state index in [4.69, 9.17) is 23.2 Å². The van der Waals surface area contributed by atoms with Gasteiger partial charge in [0.25, 0.3) is 0 Å². The molecule has 0 spiro atoms. The number of ketones is 1.